The second kappa shape index (κ2) is 12.4. The third kappa shape index (κ3) is 7.04. The zero-order valence-corrected chi connectivity index (χ0v) is 21.3. The number of rotatable bonds is 6. The lowest BCUT2D eigenvalue weighted by Gasteiger charge is -2.29. The molecule has 0 aromatic heterocycles. The summed E-state index contributed by atoms with van der Waals surface area (Å²) in [5, 5.41) is 13.2. The number of halogens is 1. The number of piperidine rings is 1. The minimum atomic E-state index is -0.103. The van der Waals surface area contributed by atoms with Crippen molar-refractivity contribution in [1.29, 1.82) is 0 Å². The molecule has 1 atom stereocenters. The van der Waals surface area contributed by atoms with Crippen molar-refractivity contribution in [2.75, 3.05) is 45.8 Å². The number of aliphatic imine (C=N–C) groups is 1. The topological polar surface area (TPSA) is 54.3 Å². The fourth-order valence-corrected chi connectivity index (χ4v) is 5.02. The molecule has 3 saturated heterocycles. The Hall–Kier alpha value is -0.900. The summed E-state index contributed by atoms with van der Waals surface area (Å²) < 4.78 is 0. The van der Waals surface area contributed by atoms with Gasteiger partial charge in [0, 0.05) is 45.3 Å². The molecule has 7 heteroatoms. The van der Waals surface area contributed by atoms with Crippen LogP contribution in [0.5, 0.6) is 0 Å². The Bertz CT molecular complexity index is 684. The molecule has 1 aromatic carbocycles. The van der Waals surface area contributed by atoms with Gasteiger partial charge in [0.1, 0.15) is 0 Å². The summed E-state index contributed by atoms with van der Waals surface area (Å²) in [5.41, 5.74) is 2.61. The van der Waals surface area contributed by atoms with Crippen LogP contribution in [-0.4, -0.2) is 83.7 Å². The Morgan fingerprint density at radius 1 is 1.00 bits per heavy atom. The highest BCUT2D eigenvalue weighted by Crippen LogP contribution is 2.21. The maximum absolute atomic E-state index is 9.67. The van der Waals surface area contributed by atoms with Crippen molar-refractivity contribution >= 4 is 29.9 Å². The van der Waals surface area contributed by atoms with Gasteiger partial charge in [0.2, 0.25) is 0 Å². The van der Waals surface area contributed by atoms with Crippen LogP contribution in [0, 0.1) is 0 Å². The second-order valence-electron chi connectivity index (χ2n) is 9.13. The summed E-state index contributed by atoms with van der Waals surface area (Å²) in [4.78, 5) is 12.5. The van der Waals surface area contributed by atoms with Gasteiger partial charge in [-0.05, 0) is 63.2 Å². The number of nitrogens with zero attached hydrogens (tertiary/aromatic N) is 4. The number of likely N-dealkylation sites (tertiary alicyclic amines) is 3. The SMILES string of the molecule is CCNC(=NCc1ccc(CN2CCC(O)CC2)cc1)N1CCC(N2CCCC2)C1.I. The molecule has 3 fully saturated rings. The Labute approximate surface area is 205 Å². The van der Waals surface area contributed by atoms with Crippen molar-refractivity contribution in [3.05, 3.63) is 35.4 Å². The largest absolute Gasteiger partial charge is 0.393 e. The van der Waals surface area contributed by atoms with Gasteiger partial charge < -0.3 is 15.3 Å². The molecule has 0 spiro atoms. The van der Waals surface area contributed by atoms with Gasteiger partial charge in [-0.1, -0.05) is 24.3 Å². The van der Waals surface area contributed by atoms with Crippen LogP contribution in [0.1, 0.15) is 50.2 Å². The molecule has 4 rings (SSSR count). The van der Waals surface area contributed by atoms with Gasteiger partial charge in [-0.15, -0.1) is 24.0 Å². The third-order valence-electron chi connectivity index (χ3n) is 6.85. The fraction of sp³-hybridized carbons (Fsp3) is 0.708. The number of guanidine groups is 1. The van der Waals surface area contributed by atoms with Gasteiger partial charge in [0.05, 0.1) is 12.6 Å². The molecule has 0 saturated carbocycles. The lowest BCUT2D eigenvalue weighted by molar-refractivity contribution is 0.0792. The summed E-state index contributed by atoms with van der Waals surface area (Å²) in [6, 6.07) is 9.62. The van der Waals surface area contributed by atoms with E-state index in [0.717, 1.165) is 64.6 Å². The number of nitrogens with one attached hydrogen (secondary N) is 1. The molecular formula is C24H40IN5O. The van der Waals surface area contributed by atoms with Crippen LogP contribution in [0.15, 0.2) is 29.3 Å². The molecule has 1 aromatic rings. The molecular weight excluding hydrogens is 501 g/mol. The Kier molecular flexibility index (Phi) is 9.87. The predicted molar refractivity (Wildman–Crippen MR) is 138 cm³/mol. The average Bonchev–Trinajstić information content (AvgIpc) is 3.46. The van der Waals surface area contributed by atoms with Gasteiger partial charge in [-0.25, -0.2) is 4.99 Å². The molecule has 0 bridgehead atoms. The van der Waals surface area contributed by atoms with Gasteiger partial charge in [0.15, 0.2) is 5.96 Å². The summed E-state index contributed by atoms with van der Waals surface area (Å²) in [6.45, 7) is 11.5. The van der Waals surface area contributed by atoms with Crippen molar-refractivity contribution in [3.63, 3.8) is 0 Å². The number of hydrogen-bond acceptors (Lipinski definition) is 4. The van der Waals surface area contributed by atoms with Crippen LogP contribution in [-0.2, 0) is 13.1 Å². The van der Waals surface area contributed by atoms with E-state index in [4.69, 9.17) is 4.99 Å². The van der Waals surface area contributed by atoms with E-state index >= 15 is 0 Å². The van der Waals surface area contributed by atoms with E-state index in [1.165, 1.54) is 43.5 Å². The van der Waals surface area contributed by atoms with E-state index < -0.39 is 0 Å². The van der Waals surface area contributed by atoms with Gasteiger partial charge in [-0.3, -0.25) is 9.80 Å². The highest BCUT2D eigenvalue weighted by molar-refractivity contribution is 14.0. The first-order valence-electron chi connectivity index (χ1n) is 12.0. The molecule has 1 unspecified atom stereocenters. The smallest absolute Gasteiger partial charge is 0.194 e. The number of hydrogen-bond donors (Lipinski definition) is 2. The molecule has 2 N–H and O–H groups in total. The monoisotopic (exact) mass is 541 g/mol. The molecule has 0 amide bonds. The van der Waals surface area contributed by atoms with Crippen molar-refractivity contribution < 1.29 is 5.11 Å². The van der Waals surface area contributed by atoms with Gasteiger partial charge in [-0.2, -0.15) is 0 Å². The van der Waals surface area contributed by atoms with E-state index in [2.05, 4.69) is 51.2 Å². The number of aliphatic hydroxyl groups excluding tert-OH is 1. The van der Waals surface area contributed by atoms with Crippen LogP contribution in [0.25, 0.3) is 0 Å². The lowest BCUT2D eigenvalue weighted by atomic mass is 10.1. The minimum Gasteiger partial charge on any atom is -0.393 e. The average molecular weight is 542 g/mol. The summed E-state index contributed by atoms with van der Waals surface area (Å²) in [7, 11) is 0. The fourth-order valence-electron chi connectivity index (χ4n) is 5.02. The summed E-state index contributed by atoms with van der Waals surface area (Å²) >= 11 is 0. The maximum Gasteiger partial charge on any atom is 0.194 e. The Morgan fingerprint density at radius 2 is 1.68 bits per heavy atom. The molecule has 3 heterocycles. The van der Waals surface area contributed by atoms with Gasteiger partial charge in [0.25, 0.3) is 0 Å². The first kappa shape index (κ1) is 24.7. The Morgan fingerprint density at radius 3 is 2.35 bits per heavy atom. The van der Waals surface area contributed by atoms with Crippen LogP contribution >= 0.6 is 24.0 Å². The highest BCUT2D eigenvalue weighted by Gasteiger charge is 2.30. The first-order chi connectivity index (χ1) is 14.7. The lowest BCUT2D eigenvalue weighted by Crippen LogP contribution is -2.42. The van der Waals surface area contributed by atoms with E-state index in [1.54, 1.807) is 0 Å². The standard InChI is InChI=1S/C24H39N5O.HI/c1-2-25-24(29-16-9-22(19-29)28-12-3-4-13-28)26-17-20-5-7-21(8-6-20)18-27-14-10-23(30)11-15-27;/h5-8,22-23,30H,2-4,9-19H2,1H3,(H,25,26);1H. The second-order valence-corrected chi connectivity index (χ2v) is 9.13. The first-order valence-corrected chi connectivity index (χ1v) is 12.0. The van der Waals surface area contributed by atoms with Gasteiger partial charge >= 0.3 is 0 Å². The van der Waals surface area contributed by atoms with Crippen molar-refractivity contribution in [1.82, 2.24) is 20.0 Å². The summed E-state index contributed by atoms with van der Waals surface area (Å²) in [5.74, 6) is 1.06. The Balaban J connectivity index is 0.00000272. The van der Waals surface area contributed by atoms with Crippen molar-refractivity contribution in [2.45, 2.75) is 64.3 Å². The highest BCUT2D eigenvalue weighted by atomic mass is 127. The van der Waals surface area contributed by atoms with E-state index in [1.807, 2.05) is 0 Å². The van der Waals surface area contributed by atoms with Crippen LogP contribution in [0.4, 0.5) is 0 Å². The molecule has 0 radical (unpaired) electrons. The molecule has 3 aliphatic heterocycles. The van der Waals surface area contributed by atoms with Crippen molar-refractivity contribution in [3.8, 4) is 0 Å². The summed E-state index contributed by atoms with van der Waals surface area (Å²) in [6.07, 6.45) is 5.67. The number of aliphatic hydroxyl groups is 1. The minimum absolute atomic E-state index is 0. The predicted octanol–water partition coefficient (Wildman–Crippen LogP) is 2.90. The normalized spacial score (nSPS) is 23.9. The van der Waals surface area contributed by atoms with Crippen LogP contribution in [0.2, 0.25) is 0 Å². The van der Waals surface area contributed by atoms with Crippen LogP contribution < -0.4 is 5.32 Å². The van der Waals surface area contributed by atoms with Crippen molar-refractivity contribution in [2.24, 2.45) is 4.99 Å². The van der Waals surface area contributed by atoms with Crippen LogP contribution in [0.3, 0.4) is 0 Å². The van der Waals surface area contributed by atoms with E-state index in [0.29, 0.717) is 6.04 Å². The molecule has 6 nitrogen and oxygen atoms in total. The maximum atomic E-state index is 9.67. The molecule has 3 aliphatic rings. The molecule has 174 valence electrons. The van der Waals surface area contributed by atoms with E-state index in [-0.39, 0.29) is 30.1 Å². The zero-order chi connectivity index (χ0) is 20.8. The molecule has 31 heavy (non-hydrogen) atoms. The zero-order valence-electron chi connectivity index (χ0n) is 19.0. The number of benzene rings is 1. The van der Waals surface area contributed by atoms with E-state index in [9.17, 15) is 5.11 Å². The third-order valence-corrected chi connectivity index (χ3v) is 6.85. The molecule has 0 aliphatic carbocycles. The quantitative estimate of drug-likeness (QED) is 0.330.